The summed E-state index contributed by atoms with van der Waals surface area (Å²) in [5, 5.41) is 12.5. The summed E-state index contributed by atoms with van der Waals surface area (Å²) in [4.78, 5) is 3.95. The lowest BCUT2D eigenvalue weighted by molar-refractivity contribution is 0.356. The summed E-state index contributed by atoms with van der Waals surface area (Å²) in [5.41, 5.74) is 0.585. The molecule has 20 heavy (non-hydrogen) atoms. The molecule has 1 aliphatic rings. The van der Waals surface area contributed by atoms with E-state index in [1.165, 1.54) is 0 Å². The molecular formula is C16H15N3O. The number of nitriles is 1. The van der Waals surface area contributed by atoms with Gasteiger partial charge in [0.1, 0.15) is 17.0 Å². The summed E-state index contributed by atoms with van der Waals surface area (Å²) in [6, 6.07) is 13.7. The first-order valence-electron chi connectivity index (χ1n) is 6.67. The van der Waals surface area contributed by atoms with E-state index in [1.807, 2.05) is 36.4 Å². The molecule has 0 spiro atoms. The van der Waals surface area contributed by atoms with Crippen LogP contribution in [0.15, 0.2) is 48.8 Å². The number of nitrogens with zero attached hydrogens (tertiary/aromatic N) is 2. The fourth-order valence-corrected chi connectivity index (χ4v) is 2.22. The van der Waals surface area contributed by atoms with Crippen molar-refractivity contribution in [2.24, 2.45) is 0 Å². The van der Waals surface area contributed by atoms with Gasteiger partial charge in [-0.25, -0.2) is 0 Å². The van der Waals surface area contributed by atoms with E-state index in [2.05, 4.69) is 16.4 Å². The van der Waals surface area contributed by atoms with Crippen LogP contribution in [-0.4, -0.2) is 10.5 Å². The Morgan fingerprint density at radius 3 is 2.25 bits per heavy atom. The number of hydrogen-bond acceptors (Lipinski definition) is 4. The second kappa shape index (κ2) is 5.22. The average molecular weight is 265 g/mol. The van der Waals surface area contributed by atoms with Crippen LogP contribution < -0.4 is 10.1 Å². The van der Waals surface area contributed by atoms with Crippen LogP contribution in [0.1, 0.15) is 19.3 Å². The largest absolute Gasteiger partial charge is 0.457 e. The van der Waals surface area contributed by atoms with Crippen molar-refractivity contribution in [3.63, 3.8) is 0 Å². The van der Waals surface area contributed by atoms with E-state index in [9.17, 15) is 5.26 Å². The monoisotopic (exact) mass is 265 g/mol. The molecule has 1 heterocycles. The van der Waals surface area contributed by atoms with Crippen LogP contribution in [-0.2, 0) is 0 Å². The first kappa shape index (κ1) is 12.5. The zero-order valence-corrected chi connectivity index (χ0v) is 11.0. The van der Waals surface area contributed by atoms with E-state index in [4.69, 9.17) is 4.74 Å². The molecule has 1 fully saturated rings. The first-order valence-corrected chi connectivity index (χ1v) is 6.67. The Hall–Kier alpha value is -2.54. The molecule has 0 aliphatic heterocycles. The summed E-state index contributed by atoms with van der Waals surface area (Å²) in [5.74, 6) is 1.52. The summed E-state index contributed by atoms with van der Waals surface area (Å²) in [6.07, 6.45) is 6.33. The molecule has 0 saturated heterocycles. The summed E-state index contributed by atoms with van der Waals surface area (Å²) in [7, 11) is 0. The zero-order valence-electron chi connectivity index (χ0n) is 11.0. The summed E-state index contributed by atoms with van der Waals surface area (Å²) < 4.78 is 5.70. The van der Waals surface area contributed by atoms with E-state index in [1.54, 1.807) is 12.4 Å². The lowest BCUT2D eigenvalue weighted by atomic mass is 9.78. The van der Waals surface area contributed by atoms with E-state index in [-0.39, 0.29) is 5.54 Å². The van der Waals surface area contributed by atoms with Crippen LogP contribution in [0.5, 0.6) is 11.5 Å². The topological polar surface area (TPSA) is 57.9 Å². The Bertz CT molecular complexity index is 612. The minimum Gasteiger partial charge on any atom is -0.457 e. The quantitative estimate of drug-likeness (QED) is 0.915. The number of aromatic nitrogens is 1. The van der Waals surface area contributed by atoms with Gasteiger partial charge in [0.05, 0.1) is 6.07 Å². The van der Waals surface area contributed by atoms with Gasteiger partial charge in [0.2, 0.25) is 0 Å². The van der Waals surface area contributed by atoms with E-state index < -0.39 is 0 Å². The van der Waals surface area contributed by atoms with Crippen LogP contribution in [0, 0.1) is 11.3 Å². The van der Waals surface area contributed by atoms with Crippen LogP contribution in [0.2, 0.25) is 0 Å². The average Bonchev–Trinajstić information content (AvgIpc) is 2.46. The van der Waals surface area contributed by atoms with Crippen molar-refractivity contribution in [2.75, 3.05) is 5.32 Å². The van der Waals surface area contributed by atoms with Gasteiger partial charge in [-0.2, -0.15) is 5.26 Å². The molecule has 0 bridgehead atoms. The second-order valence-electron chi connectivity index (χ2n) is 4.98. The van der Waals surface area contributed by atoms with Crippen LogP contribution >= 0.6 is 0 Å². The number of hydrogen-bond donors (Lipinski definition) is 1. The number of anilines is 1. The molecule has 100 valence electrons. The SMILES string of the molecule is N#CC1(Nc2ccc(Oc3ccncc3)cc2)CCC1. The third-order valence-electron chi connectivity index (χ3n) is 3.54. The van der Waals surface area contributed by atoms with Crippen molar-refractivity contribution in [3.8, 4) is 17.6 Å². The minimum atomic E-state index is -0.368. The van der Waals surface area contributed by atoms with E-state index in [0.29, 0.717) is 0 Å². The van der Waals surface area contributed by atoms with Crippen molar-refractivity contribution in [1.29, 1.82) is 5.26 Å². The molecule has 1 aromatic carbocycles. The normalized spacial score (nSPS) is 15.8. The Kier molecular flexibility index (Phi) is 3.26. The van der Waals surface area contributed by atoms with Crippen molar-refractivity contribution in [1.82, 2.24) is 4.98 Å². The highest BCUT2D eigenvalue weighted by Crippen LogP contribution is 2.35. The van der Waals surface area contributed by atoms with Crippen LogP contribution in [0.4, 0.5) is 5.69 Å². The van der Waals surface area contributed by atoms with Crippen molar-refractivity contribution < 1.29 is 4.74 Å². The molecule has 0 atom stereocenters. The fraction of sp³-hybridized carbons (Fsp3) is 0.250. The number of rotatable bonds is 4. The molecule has 4 nitrogen and oxygen atoms in total. The van der Waals surface area contributed by atoms with Crippen molar-refractivity contribution in [3.05, 3.63) is 48.8 Å². The highest BCUT2D eigenvalue weighted by Gasteiger charge is 2.36. The molecule has 0 radical (unpaired) electrons. The second-order valence-corrected chi connectivity index (χ2v) is 4.98. The maximum absolute atomic E-state index is 9.20. The zero-order chi connectivity index (χ0) is 13.8. The molecule has 1 saturated carbocycles. The van der Waals surface area contributed by atoms with Crippen LogP contribution in [0.3, 0.4) is 0 Å². The molecule has 3 rings (SSSR count). The van der Waals surface area contributed by atoms with Gasteiger partial charge < -0.3 is 10.1 Å². The lowest BCUT2D eigenvalue weighted by Gasteiger charge is -2.36. The van der Waals surface area contributed by atoms with Gasteiger partial charge >= 0.3 is 0 Å². The van der Waals surface area contributed by atoms with Crippen molar-refractivity contribution in [2.45, 2.75) is 24.8 Å². The Labute approximate surface area is 118 Å². The smallest absolute Gasteiger partial charge is 0.130 e. The Morgan fingerprint density at radius 1 is 1.05 bits per heavy atom. The van der Waals surface area contributed by atoms with Gasteiger partial charge in [-0.3, -0.25) is 4.98 Å². The molecule has 4 heteroatoms. The predicted molar refractivity (Wildman–Crippen MR) is 76.6 cm³/mol. The maximum Gasteiger partial charge on any atom is 0.130 e. The molecule has 1 aliphatic carbocycles. The first-order chi connectivity index (χ1) is 9.80. The third kappa shape index (κ3) is 2.57. The minimum absolute atomic E-state index is 0.368. The molecule has 0 unspecified atom stereocenters. The summed E-state index contributed by atoms with van der Waals surface area (Å²) in [6.45, 7) is 0. The van der Waals surface area contributed by atoms with Gasteiger partial charge in [-0.15, -0.1) is 0 Å². The predicted octanol–water partition coefficient (Wildman–Crippen LogP) is 3.73. The Morgan fingerprint density at radius 2 is 1.70 bits per heavy atom. The van der Waals surface area contributed by atoms with Crippen LogP contribution in [0.25, 0.3) is 0 Å². The fourth-order valence-electron chi connectivity index (χ4n) is 2.22. The highest BCUT2D eigenvalue weighted by atomic mass is 16.5. The van der Waals surface area contributed by atoms with Gasteiger partial charge in [0, 0.05) is 18.1 Å². The van der Waals surface area contributed by atoms with E-state index in [0.717, 1.165) is 36.4 Å². The van der Waals surface area contributed by atoms with Gasteiger partial charge in [-0.05, 0) is 55.7 Å². The lowest BCUT2D eigenvalue weighted by Crippen LogP contribution is -2.43. The number of ether oxygens (including phenoxy) is 1. The third-order valence-corrected chi connectivity index (χ3v) is 3.54. The Balaban J connectivity index is 1.67. The molecule has 2 aromatic rings. The van der Waals surface area contributed by atoms with Gasteiger partial charge in [-0.1, -0.05) is 0 Å². The van der Waals surface area contributed by atoms with Gasteiger partial charge in [0.15, 0.2) is 0 Å². The number of benzene rings is 1. The molecule has 1 N–H and O–H groups in total. The van der Waals surface area contributed by atoms with E-state index >= 15 is 0 Å². The molecule has 1 aromatic heterocycles. The highest BCUT2D eigenvalue weighted by molar-refractivity contribution is 5.51. The standard InChI is InChI=1S/C16H15N3O/c17-12-16(8-1-9-16)19-13-2-4-14(5-3-13)20-15-6-10-18-11-7-15/h2-7,10-11,19H,1,8-9H2. The number of pyridine rings is 1. The molecule has 0 amide bonds. The number of nitrogens with one attached hydrogen (secondary N) is 1. The maximum atomic E-state index is 9.20. The van der Waals surface area contributed by atoms with Gasteiger partial charge in [0.25, 0.3) is 0 Å². The molecular weight excluding hydrogens is 250 g/mol. The van der Waals surface area contributed by atoms with Crippen molar-refractivity contribution >= 4 is 5.69 Å². The summed E-state index contributed by atoms with van der Waals surface area (Å²) >= 11 is 0.